The molecule has 0 bridgehead atoms. The van der Waals surface area contributed by atoms with E-state index in [2.05, 4.69) is 15.0 Å². The lowest BCUT2D eigenvalue weighted by Crippen LogP contribution is -2.24. The van der Waals surface area contributed by atoms with Crippen molar-refractivity contribution >= 4 is 35.0 Å². The standard InChI is InChI=1S/C15H16N2O3S2/c1-10-8-21-15(17-10)22-9-13(18)16-7-11-3-5-12(6-4-11)14(19)20-2/h3-6,8H,7,9H2,1-2H3,(H,16,18). The summed E-state index contributed by atoms with van der Waals surface area (Å²) in [6.07, 6.45) is 0. The smallest absolute Gasteiger partial charge is 0.337 e. The number of aromatic nitrogens is 1. The van der Waals surface area contributed by atoms with Crippen LogP contribution < -0.4 is 5.32 Å². The molecule has 2 rings (SSSR count). The molecule has 2 aromatic rings. The lowest BCUT2D eigenvalue weighted by Gasteiger charge is -2.05. The van der Waals surface area contributed by atoms with Gasteiger partial charge in [0.25, 0.3) is 0 Å². The number of carbonyl (C=O) groups excluding carboxylic acids is 2. The molecule has 1 heterocycles. The molecule has 1 aromatic heterocycles. The fourth-order valence-electron chi connectivity index (χ4n) is 1.65. The summed E-state index contributed by atoms with van der Waals surface area (Å²) >= 11 is 2.97. The second kappa shape index (κ2) is 7.95. The highest BCUT2D eigenvalue weighted by Gasteiger charge is 2.07. The number of hydrogen-bond donors (Lipinski definition) is 1. The van der Waals surface area contributed by atoms with Crippen molar-refractivity contribution in [1.82, 2.24) is 10.3 Å². The molecule has 1 N–H and O–H groups in total. The van der Waals surface area contributed by atoms with Crippen LogP contribution in [0.1, 0.15) is 21.6 Å². The fraction of sp³-hybridized carbons (Fsp3) is 0.267. The molecule has 0 aliphatic heterocycles. The van der Waals surface area contributed by atoms with E-state index in [1.54, 1.807) is 35.6 Å². The Morgan fingerprint density at radius 3 is 2.64 bits per heavy atom. The largest absolute Gasteiger partial charge is 0.465 e. The van der Waals surface area contributed by atoms with Gasteiger partial charge in [-0.25, -0.2) is 9.78 Å². The van der Waals surface area contributed by atoms with Crippen LogP contribution in [0.3, 0.4) is 0 Å². The molecule has 0 aliphatic rings. The number of ether oxygens (including phenoxy) is 1. The molecule has 0 spiro atoms. The predicted molar refractivity (Wildman–Crippen MR) is 87.2 cm³/mol. The van der Waals surface area contributed by atoms with Gasteiger partial charge in [-0.15, -0.1) is 11.3 Å². The van der Waals surface area contributed by atoms with Gasteiger partial charge in [0.2, 0.25) is 5.91 Å². The molecule has 0 radical (unpaired) electrons. The Hall–Kier alpha value is -1.86. The van der Waals surface area contributed by atoms with Crippen LogP contribution in [0.4, 0.5) is 0 Å². The van der Waals surface area contributed by atoms with Gasteiger partial charge in [-0.3, -0.25) is 4.79 Å². The maximum absolute atomic E-state index is 11.8. The zero-order valence-corrected chi connectivity index (χ0v) is 13.9. The van der Waals surface area contributed by atoms with E-state index in [1.165, 1.54) is 18.9 Å². The number of methoxy groups -OCH3 is 1. The fourth-order valence-corrected chi connectivity index (χ4v) is 3.33. The summed E-state index contributed by atoms with van der Waals surface area (Å²) in [5, 5.41) is 4.80. The van der Waals surface area contributed by atoms with Crippen LogP contribution in [-0.4, -0.2) is 29.7 Å². The third kappa shape index (κ3) is 4.85. The van der Waals surface area contributed by atoms with Crippen molar-refractivity contribution in [1.29, 1.82) is 0 Å². The molecule has 1 aromatic carbocycles. The van der Waals surface area contributed by atoms with Crippen LogP contribution in [-0.2, 0) is 16.1 Å². The van der Waals surface area contributed by atoms with Gasteiger partial charge in [-0.2, -0.15) is 0 Å². The second-order valence-electron chi connectivity index (χ2n) is 4.51. The summed E-state index contributed by atoms with van der Waals surface area (Å²) in [7, 11) is 1.35. The van der Waals surface area contributed by atoms with E-state index in [9.17, 15) is 9.59 Å². The topological polar surface area (TPSA) is 68.3 Å². The number of aryl methyl sites for hydroxylation is 1. The molecule has 0 fully saturated rings. The van der Waals surface area contributed by atoms with Gasteiger partial charge < -0.3 is 10.1 Å². The van der Waals surface area contributed by atoms with Gasteiger partial charge in [-0.05, 0) is 24.6 Å². The minimum Gasteiger partial charge on any atom is -0.465 e. The number of carbonyl (C=O) groups is 2. The average molecular weight is 336 g/mol. The Morgan fingerprint density at radius 1 is 1.32 bits per heavy atom. The lowest BCUT2D eigenvalue weighted by atomic mass is 10.1. The summed E-state index contributed by atoms with van der Waals surface area (Å²) in [4.78, 5) is 27.4. The maximum Gasteiger partial charge on any atom is 0.337 e. The Labute approximate surface area is 137 Å². The minimum atomic E-state index is -0.370. The zero-order chi connectivity index (χ0) is 15.9. The van der Waals surface area contributed by atoms with Crippen LogP contribution >= 0.6 is 23.1 Å². The van der Waals surface area contributed by atoms with Crippen molar-refractivity contribution < 1.29 is 14.3 Å². The first-order valence-corrected chi connectivity index (χ1v) is 8.44. The van der Waals surface area contributed by atoms with E-state index >= 15 is 0 Å². The number of thioether (sulfide) groups is 1. The highest BCUT2D eigenvalue weighted by Crippen LogP contribution is 2.21. The van der Waals surface area contributed by atoms with Gasteiger partial charge in [0, 0.05) is 17.6 Å². The van der Waals surface area contributed by atoms with Crippen LogP contribution in [0.5, 0.6) is 0 Å². The summed E-state index contributed by atoms with van der Waals surface area (Å²) in [6, 6.07) is 6.95. The van der Waals surface area contributed by atoms with E-state index in [0.717, 1.165) is 15.6 Å². The van der Waals surface area contributed by atoms with E-state index in [4.69, 9.17) is 0 Å². The van der Waals surface area contributed by atoms with Gasteiger partial charge in [0.05, 0.1) is 18.4 Å². The number of rotatable bonds is 6. The number of hydrogen-bond acceptors (Lipinski definition) is 6. The predicted octanol–water partition coefficient (Wildman–Crippen LogP) is 2.65. The second-order valence-corrected chi connectivity index (χ2v) is 6.59. The van der Waals surface area contributed by atoms with Crippen molar-refractivity contribution in [2.75, 3.05) is 12.9 Å². The number of esters is 1. The molecule has 0 unspecified atom stereocenters. The lowest BCUT2D eigenvalue weighted by molar-refractivity contribution is -0.118. The van der Waals surface area contributed by atoms with Crippen molar-refractivity contribution in [3.63, 3.8) is 0 Å². The molecule has 0 atom stereocenters. The summed E-state index contributed by atoms with van der Waals surface area (Å²) in [5.41, 5.74) is 2.39. The first-order chi connectivity index (χ1) is 10.6. The van der Waals surface area contributed by atoms with Crippen molar-refractivity contribution in [2.24, 2.45) is 0 Å². The van der Waals surface area contributed by atoms with Gasteiger partial charge in [0.15, 0.2) is 4.34 Å². The number of nitrogens with one attached hydrogen (secondary N) is 1. The highest BCUT2D eigenvalue weighted by molar-refractivity contribution is 8.01. The van der Waals surface area contributed by atoms with E-state index in [1.807, 2.05) is 12.3 Å². The van der Waals surface area contributed by atoms with Crippen molar-refractivity contribution in [2.45, 2.75) is 17.8 Å². The third-order valence-corrected chi connectivity index (χ3v) is 4.93. The Bertz CT molecular complexity index is 653. The SMILES string of the molecule is COC(=O)c1ccc(CNC(=O)CSc2nc(C)cs2)cc1. The molecule has 0 aliphatic carbocycles. The Balaban J connectivity index is 1.77. The van der Waals surface area contributed by atoms with Crippen LogP contribution in [0.2, 0.25) is 0 Å². The first kappa shape index (κ1) is 16.5. The van der Waals surface area contributed by atoms with Crippen LogP contribution in [0.15, 0.2) is 34.0 Å². The number of thiazole rings is 1. The normalized spacial score (nSPS) is 10.3. The van der Waals surface area contributed by atoms with E-state index in [0.29, 0.717) is 17.9 Å². The van der Waals surface area contributed by atoms with Crippen molar-refractivity contribution in [3.05, 3.63) is 46.5 Å². The maximum atomic E-state index is 11.8. The molecular weight excluding hydrogens is 320 g/mol. The minimum absolute atomic E-state index is 0.0464. The number of benzene rings is 1. The van der Waals surface area contributed by atoms with Crippen LogP contribution in [0, 0.1) is 6.92 Å². The zero-order valence-electron chi connectivity index (χ0n) is 12.3. The van der Waals surface area contributed by atoms with Crippen molar-refractivity contribution in [3.8, 4) is 0 Å². The van der Waals surface area contributed by atoms with Gasteiger partial charge in [-0.1, -0.05) is 23.9 Å². The summed E-state index contributed by atoms with van der Waals surface area (Å²) in [6.45, 7) is 2.36. The molecule has 22 heavy (non-hydrogen) atoms. The highest BCUT2D eigenvalue weighted by atomic mass is 32.2. The number of nitrogens with zero attached hydrogens (tertiary/aromatic N) is 1. The summed E-state index contributed by atoms with van der Waals surface area (Å²) in [5.74, 6) is -0.0756. The molecular formula is C15H16N2O3S2. The number of amides is 1. The molecule has 0 saturated heterocycles. The monoisotopic (exact) mass is 336 g/mol. The first-order valence-electron chi connectivity index (χ1n) is 6.57. The van der Waals surface area contributed by atoms with Gasteiger partial charge in [0.1, 0.15) is 0 Å². The Morgan fingerprint density at radius 2 is 2.05 bits per heavy atom. The molecule has 0 saturated carbocycles. The quantitative estimate of drug-likeness (QED) is 0.649. The molecule has 7 heteroatoms. The van der Waals surface area contributed by atoms with E-state index in [-0.39, 0.29) is 11.9 Å². The molecule has 116 valence electrons. The molecule has 5 nitrogen and oxygen atoms in total. The average Bonchev–Trinajstić information content (AvgIpc) is 2.96. The summed E-state index contributed by atoms with van der Waals surface area (Å²) < 4.78 is 5.53. The van der Waals surface area contributed by atoms with Gasteiger partial charge >= 0.3 is 5.97 Å². The molecule has 1 amide bonds. The van der Waals surface area contributed by atoms with E-state index < -0.39 is 0 Å². The Kier molecular flexibility index (Phi) is 5.97. The van der Waals surface area contributed by atoms with Crippen LogP contribution in [0.25, 0.3) is 0 Å². The third-order valence-electron chi connectivity index (χ3n) is 2.79.